The summed E-state index contributed by atoms with van der Waals surface area (Å²) in [5.41, 5.74) is 0.215. The number of aromatic amines is 1. The van der Waals surface area contributed by atoms with Crippen LogP contribution < -0.4 is 4.72 Å². The van der Waals surface area contributed by atoms with E-state index in [4.69, 9.17) is 0 Å². The monoisotopic (exact) mass is 457 g/mol. The van der Waals surface area contributed by atoms with Crippen molar-refractivity contribution in [2.45, 2.75) is 13.3 Å². The van der Waals surface area contributed by atoms with Crippen molar-refractivity contribution in [2.24, 2.45) is 0 Å². The van der Waals surface area contributed by atoms with Gasteiger partial charge in [0, 0.05) is 23.3 Å². The highest BCUT2D eigenvalue weighted by Crippen LogP contribution is 2.28. The molecule has 2 N–H and O–H groups in total. The van der Waals surface area contributed by atoms with Gasteiger partial charge in [-0.15, -0.1) is 0 Å². The molecule has 11 heteroatoms. The van der Waals surface area contributed by atoms with Crippen LogP contribution in [0.4, 0.5) is 14.5 Å². The lowest BCUT2D eigenvalue weighted by molar-refractivity contribution is 0.103. The fourth-order valence-electron chi connectivity index (χ4n) is 3.19. The van der Waals surface area contributed by atoms with Crippen LogP contribution in [0.15, 0.2) is 48.9 Å². The van der Waals surface area contributed by atoms with Crippen molar-refractivity contribution in [1.82, 2.24) is 20.2 Å². The third kappa shape index (κ3) is 4.06. The molecule has 1 aromatic carbocycles. The maximum absolute atomic E-state index is 15.0. The lowest BCUT2D eigenvalue weighted by atomic mass is 10.0. The number of anilines is 1. The van der Waals surface area contributed by atoms with Crippen LogP contribution in [0.1, 0.15) is 29.4 Å². The SMILES string of the molecule is CCCS(=O)(=O)Nc1c(F)ccc(C(=O)c2n[nH]c3cnc(-c4ccncc4)cc23)c1F. The Morgan fingerprint density at radius 1 is 1.16 bits per heavy atom. The van der Waals surface area contributed by atoms with E-state index in [2.05, 4.69) is 20.2 Å². The number of carbonyl (C=O) groups is 1. The highest BCUT2D eigenvalue weighted by molar-refractivity contribution is 7.92. The van der Waals surface area contributed by atoms with E-state index in [-0.39, 0.29) is 17.9 Å². The number of carbonyl (C=O) groups excluding carboxylic acids is 1. The number of benzene rings is 1. The molecule has 0 unspecified atom stereocenters. The van der Waals surface area contributed by atoms with Gasteiger partial charge in [0.25, 0.3) is 0 Å². The molecule has 0 atom stereocenters. The lowest BCUT2D eigenvalue weighted by Gasteiger charge is -2.11. The lowest BCUT2D eigenvalue weighted by Crippen LogP contribution is -2.19. The Hall–Kier alpha value is -3.73. The summed E-state index contributed by atoms with van der Waals surface area (Å²) >= 11 is 0. The smallest absolute Gasteiger partial charge is 0.232 e. The Kier molecular flexibility index (Phi) is 5.66. The fourth-order valence-corrected chi connectivity index (χ4v) is 4.33. The molecule has 0 radical (unpaired) electrons. The van der Waals surface area contributed by atoms with Gasteiger partial charge in [-0.3, -0.25) is 24.6 Å². The molecule has 164 valence electrons. The Labute approximate surface area is 181 Å². The molecule has 0 aliphatic rings. The van der Waals surface area contributed by atoms with Crippen LogP contribution in [0.2, 0.25) is 0 Å². The first-order valence-corrected chi connectivity index (χ1v) is 11.2. The van der Waals surface area contributed by atoms with E-state index in [1.165, 1.54) is 6.20 Å². The number of nitrogens with one attached hydrogen (secondary N) is 2. The molecule has 0 fully saturated rings. The average Bonchev–Trinajstić information content (AvgIpc) is 3.20. The first-order chi connectivity index (χ1) is 15.3. The summed E-state index contributed by atoms with van der Waals surface area (Å²) in [5.74, 6) is -3.60. The minimum absolute atomic E-state index is 0.106. The van der Waals surface area contributed by atoms with Gasteiger partial charge in [-0.05, 0) is 36.8 Å². The topological polar surface area (TPSA) is 118 Å². The zero-order chi connectivity index (χ0) is 22.9. The van der Waals surface area contributed by atoms with E-state index in [1.54, 1.807) is 37.5 Å². The molecule has 8 nitrogen and oxygen atoms in total. The van der Waals surface area contributed by atoms with Crippen LogP contribution in [-0.4, -0.2) is 40.1 Å². The van der Waals surface area contributed by atoms with E-state index < -0.39 is 38.7 Å². The molecule has 0 amide bonds. The zero-order valence-electron chi connectivity index (χ0n) is 16.8. The van der Waals surface area contributed by atoms with Crippen LogP contribution in [0.3, 0.4) is 0 Å². The molecule has 0 bridgehead atoms. The first kappa shape index (κ1) is 21.5. The normalized spacial score (nSPS) is 11.6. The van der Waals surface area contributed by atoms with Crippen molar-refractivity contribution in [1.29, 1.82) is 0 Å². The molecule has 0 aliphatic carbocycles. The molecule has 4 rings (SSSR count). The summed E-state index contributed by atoms with van der Waals surface area (Å²) in [7, 11) is -3.97. The molecular weight excluding hydrogens is 440 g/mol. The van der Waals surface area contributed by atoms with Gasteiger partial charge in [0.2, 0.25) is 15.8 Å². The second kappa shape index (κ2) is 8.42. The Morgan fingerprint density at radius 2 is 1.91 bits per heavy atom. The summed E-state index contributed by atoms with van der Waals surface area (Å²) in [6, 6.07) is 6.89. The van der Waals surface area contributed by atoms with Crippen LogP contribution >= 0.6 is 0 Å². The van der Waals surface area contributed by atoms with Gasteiger partial charge in [0.1, 0.15) is 17.2 Å². The number of rotatable bonds is 7. The molecule has 0 saturated heterocycles. The molecule has 4 aromatic rings. The van der Waals surface area contributed by atoms with Gasteiger partial charge in [-0.1, -0.05) is 6.92 Å². The third-order valence-electron chi connectivity index (χ3n) is 4.70. The second-order valence-corrected chi connectivity index (χ2v) is 8.80. The maximum atomic E-state index is 15.0. The van der Waals surface area contributed by atoms with E-state index in [0.29, 0.717) is 16.6 Å². The number of nitrogens with zero attached hydrogens (tertiary/aromatic N) is 3. The van der Waals surface area contributed by atoms with E-state index in [0.717, 1.165) is 17.7 Å². The van der Waals surface area contributed by atoms with Crippen molar-refractivity contribution in [3.8, 4) is 11.3 Å². The molecule has 0 aliphatic heterocycles. The molecule has 3 aromatic heterocycles. The highest BCUT2D eigenvalue weighted by atomic mass is 32.2. The Morgan fingerprint density at radius 3 is 2.62 bits per heavy atom. The van der Waals surface area contributed by atoms with Crippen molar-refractivity contribution in [3.63, 3.8) is 0 Å². The van der Waals surface area contributed by atoms with Crippen molar-refractivity contribution >= 4 is 32.4 Å². The largest absolute Gasteiger partial charge is 0.287 e. The van der Waals surface area contributed by atoms with Crippen molar-refractivity contribution < 1.29 is 22.0 Å². The van der Waals surface area contributed by atoms with Crippen LogP contribution in [0, 0.1) is 11.6 Å². The van der Waals surface area contributed by atoms with Crippen molar-refractivity contribution in [3.05, 3.63) is 71.8 Å². The van der Waals surface area contributed by atoms with Crippen LogP contribution in [0.5, 0.6) is 0 Å². The summed E-state index contributed by atoms with van der Waals surface area (Å²) in [6.45, 7) is 1.61. The molecular formula is C21H17F2N5O3S. The van der Waals surface area contributed by atoms with Crippen LogP contribution in [-0.2, 0) is 10.0 Å². The number of fused-ring (bicyclic) bond motifs is 1. The van der Waals surface area contributed by atoms with Gasteiger partial charge < -0.3 is 0 Å². The van der Waals surface area contributed by atoms with Crippen molar-refractivity contribution in [2.75, 3.05) is 10.5 Å². The first-order valence-electron chi connectivity index (χ1n) is 9.58. The molecule has 32 heavy (non-hydrogen) atoms. The van der Waals surface area contributed by atoms with Gasteiger partial charge in [0.05, 0.1) is 28.7 Å². The number of aromatic nitrogens is 4. The number of hydrogen-bond donors (Lipinski definition) is 2. The Balaban J connectivity index is 1.77. The van der Waals surface area contributed by atoms with Gasteiger partial charge >= 0.3 is 0 Å². The van der Waals surface area contributed by atoms with Gasteiger partial charge in [0.15, 0.2) is 5.82 Å². The highest BCUT2D eigenvalue weighted by Gasteiger charge is 2.25. The van der Waals surface area contributed by atoms with Gasteiger partial charge in [-0.2, -0.15) is 5.10 Å². The minimum atomic E-state index is -3.97. The predicted octanol–water partition coefficient (Wildman–Crippen LogP) is 3.68. The zero-order valence-corrected chi connectivity index (χ0v) is 17.6. The summed E-state index contributed by atoms with van der Waals surface area (Å²) in [6.07, 6.45) is 4.93. The van der Waals surface area contributed by atoms with E-state index >= 15 is 4.39 Å². The number of sulfonamides is 1. The maximum Gasteiger partial charge on any atom is 0.232 e. The number of halogens is 2. The predicted molar refractivity (Wildman–Crippen MR) is 115 cm³/mol. The third-order valence-corrected chi connectivity index (χ3v) is 6.17. The Bertz CT molecular complexity index is 1420. The molecule has 3 heterocycles. The summed E-state index contributed by atoms with van der Waals surface area (Å²) in [4.78, 5) is 21.4. The van der Waals surface area contributed by atoms with E-state index in [1.807, 2.05) is 4.72 Å². The average molecular weight is 457 g/mol. The van der Waals surface area contributed by atoms with Crippen LogP contribution in [0.25, 0.3) is 22.2 Å². The fraction of sp³-hybridized carbons (Fsp3) is 0.143. The number of H-pyrrole nitrogens is 1. The second-order valence-electron chi connectivity index (χ2n) is 6.96. The number of ketones is 1. The minimum Gasteiger partial charge on any atom is -0.287 e. The molecule has 0 spiro atoms. The number of pyridine rings is 2. The van der Waals surface area contributed by atoms with Gasteiger partial charge in [-0.25, -0.2) is 17.2 Å². The summed E-state index contributed by atoms with van der Waals surface area (Å²) in [5, 5.41) is 7.02. The summed E-state index contributed by atoms with van der Waals surface area (Å²) < 4.78 is 55.1. The van der Waals surface area contributed by atoms with E-state index in [9.17, 15) is 17.6 Å². The molecule has 0 saturated carbocycles. The number of hydrogen-bond acceptors (Lipinski definition) is 6. The quantitative estimate of drug-likeness (QED) is 0.409. The standard InChI is InChI=1S/C21H17F2N5O3S/c1-2-9-32(30,31)28-20-15(22)4-3-13(18(20)23)21(29)19-14-10-16(12-5-7-24-8-6-12)25-11-17(14)26-27-19/h3-8,10-11,28H,2,9H2,1H3,(H,26,27).